The molecule has 7 heteroatoms. The fourth-order valence-electron chi connectivity index (χ4n) is 2.52. The molecule has 0 saturated carbocycles. The fraction of sp³-hybridized carbons (Fsp3) is 1.00. The molecule has 1 fully saturated rings. The van der Waals surface area contributed by atoms with Crippen LogP contribution in [0.25, 0.3) is 0 Å². The molecule has 0 spiro atoms. The highest BCUT2D eigenvalue weighted by molar-refractivity contribution is 8.01. The van der Waals surface area contributed by atoms with E-state index in [1.165, 1.54) is 0 Å². The van der Waals surface area contributed by atoms with Crippen molar-refractivity contribution >= 4 is 36.3 Å². The van der Waals surface area contributed by atoms with Gasteiger partial charge in [0.05, 0.1) is 10.6 Å². The van der Waals surface area contributed by atoms with Gasteiger partial charge in [0.2, 0.25) is 5.78 Å². The Labute approximate surface area is 119 Å². The average Bonchev–Trinajstić information content (AvgIpc) is 2.36. The molecular weight excluding hydrogens is 297 g/mol. The number of thioether (sulfide) groups is 1. The zero-order chi connectivity index (χ0) is 14.4. The van der Waals surface area contributed by atoms with Crippen molar-refractivity contribution in [2.45, 2.75) is 63.8 Å². The molecule has 1 aliphatic rings. The fourth-order valence-corrected chi connectivity index (χ4v) is 12.5. The Balaban J connectivity index is 2.93. The van der Waals surface area contributed by atoms with E-state index in [-0.39, 0.29) is 10.7 Å². The summed E-state index contributed by atoms with van der Waals surface area (Å²) < 4.78 is 20.9. The van der Waals surface area contributed by atoms with Crippen LogP contribution in [0.1, 0.15) is 13.8 Å². The maximum atomic E-state index is 12.5. The van der Waals surface area contributed by atoms with E-state index in [0.29, 0.717) is 0 Å². The predicted molar refractivity (Wildman–Crippen MR) is 87.5 cm³/mol. The van der Waals surface area contributed by atoms with Crippen LogP contribution in [-0.4, -0.2) is 37.5 Å². The third kappa shape index (κ3) is 4.15. The third-order valence-corrected chi connectivity index (χ3v) is 10.9. The van der Waals surface area contributed by atoms with Gasteiger partial charge in [-0.3, -0.25) is 4.57 Å². The molecule has 1 heterocycles. The quantitative estimate of drug-likeness (QED) is 0.561. The molecule has 0 N–H and O–H groups in total. The van der Waals surface area contributed by atoms with Gasteiger partial charge in [0.15, 0.2) is 0 Å². The first-order chi connectivity index (χ1) is 7.84. The van der Waals surface area contributed by atoms with Gasteiger partial charge in [0, 0.05) is 0 Å². The Bertz CT molecular complexity index is 339. The van der Waals surface area contributed by atoms with Crippen molar-refractivity contribution in [3.63, 3.8) is 0 Å². The van der Waals surface area contributed by atoms with Crippen LogP contribution < -0.4 is 0 Å². The van der Waals surface area contributed by atoms with Crippen LogP contribution in [0.3, 0.4) is 0 Å². The van der Waals surface area contributed by atoms with Crippen LogP contribution in [0.4, 0.5) is 0 Å². The smallest absolute Gasteiger partial charge is 0.265 e. The van der Waals surface area contributed by atoms with E-state index in [0.717, 1.165) is 5.75 Å². The van der Waals surface area contributed by atoms with Crippen molar-refractivity contribution in [2.24, 2.45) is 0 Å². The van der Waals surface area contributed by atoms with Crippen LogP contribution in [0.15, 0.2) is 0 Å². The molecule has 0 aromatic rings. The lowest BCUT2D eigenvalue weighted by molar-refractivity contribution is 0.318. The summed E-state index contributed by atoms with van der Waals surface area (Å²) in [5.41, 5.74) is 0. The van der Waals surface area contributed by atoms with Crippen molar-refractivity contribution in [1.29, 1.82) is 0 Å². The normalized spacial score (nSPS) is 26.4. The van der Waals surface area contributed by atoms with Gasteiger partial charge >= 0.3 is 8.03 Å². The van der Waals surface area contributed by atoms with Gasteiger partial charge in [-0.1, -0.05) is 19.6 Å². The lowest BCUT2D eigenvalue weighted by Gasteiger charge is -2.40. The molecule has 0 aromatic carbocycles. The highest BCUT2D eigenvalue weighted by Gasteiger charge is 2.56. The minimum atomic E-state index is -1.73. The second kappa shape index (κ2) is 5.30. The number of hydrogen-bond acceptors (Lipinski definition) is 4. The minimum Gasteiger partial charge on any atom is -0.265 e. The van der Waals surface area contributed by atoms with Crippen molar-refractivity contribution < 1.29 is 8.78 Å². The molecule has 1 saturated heterocycles. The molecule has 1 rings (SSSR count). The number of nitrogens with zero attached hydrogens (tertiary/aromatic N) is 1. The topological polar surface area (TPSA) is 29.5 Å². The average molecular weight is 325 g/mol. The summed E-state index contributed by atoms with van der Waals surface area (Å²) >= 11 is 1.91. The van der Waals surface area contributed by atoms with E-state index in [2.05, 4.69) is 57.7 Å². The maximum Gasteiger partial charge on any atom is 0.515 e. The first-order valence-corrected chi connectivity index (χ1v) is 15.5. The van der Waals surface area contributed by atoms with Gasteiger partial charge in [-0.05, 0) is 38.1 Å². The van der Waals surface area contributed by atoms with Gasteiger partial charge in [-0.2, -0.15) is 0 Å². The summed E-state index contributed by atoms with van der Waals surface area (Å²) in [6, 6.07) is 0. The standard InChI is InChI=1S/C11H27NO2PSSi2/c1-11(2)12(17(3,4)5)10(9-16-11)15(13)14-18(6,7)8/h10H,9H2,1-8H3/q+1. The van der Waals surface area contributed by atoms with Gasteiger partial charge < -0.3 is 0 Å². The largest absolute Gasteiger partial charge is 0.515 e. The summed E-state index contributed by atoms with van der Waals surface area (Å²) in [5, 5.41) is 0. The molecule has 0 aromatic heterocycles. The first-order valence-electron chi connectivity index (χ1n) is 6.43. The van der Waals surface area contributed by atoms with Crippen LogP contribution in [0.5, 0.6) is 0 Å². The summed E-state index contributed by atoms with van der Waals surface area (Å²) in [5.74, 6) is 1.02. The molecule has 0 radical (unpaired) electrons. The minimum absolute atomic E-state index is 0.0862. The molecule has 1 aliphatic heterocycles. The molecule has 0 amide bonds. The van der Waals surface area contributed by atoms with Crippen LogP contribution in [0, 0.1) is 0 Å². The highest BCUT2D eigenvalue weighted by atomic mass is 32.2. The molecule has 106 valence electrons. The summed E-state index contributed by atoms with van der Waals surface area (Å²) in [6.45, 7) is 17.8. The van der Waals surface area contributed by atoms with Crippen molar-refractivity contribution in [3.8, 4) is 0 Å². The van der Waals surface area contributed by atoms with E-state index < -0.39 is 24.6 Å². The Kier molecular flexibility index (Phi) is 4.96. The van der Waals surface area contributed by atoms with Gasteiger partial charge in [-0.25, -0.2) is 4.21 Å². The first kappa shape index (κ1) is 16.9. The van der Waals surface area contributed by atoms with Gasteiger partial charge in [-0.15, -0.1) is 11.8 Å². The Morgan fingerprint density at radius 3 is 2.11 bits per heavy atom. The second-order valence-electron chi connectivity index (χ2n) is 7.27. The van der Waals surface area contributed by atoms with Crippen LogP contribution in [0.2, 0.25) is 39.3 Å². The summed E-state index contributed by atoms with van der Waals surface area (Å²) in [6.07, 6.45) is 0. The number of hydrogen-bond donors (Lipinski definition) is 0. The van der Waals surface area contributed by atoms with Crippen LogP contribution in [-0.2, 0) is 8.78 Å². The van der Waals surface area contributed by atoms with Crippen molar-refractivity contribution in [2.75, 3.05) is 5.75 Å². The highest BCUT2D eigenvalue weighted by Crippen LogP contribution is 2.51. The molecule has 0 bridgehead atoms. The van der Waals surface area contributed by atoms with Crippen molar-refractivity contribution in [1.82, 2.24) is 4.57 Å². The van der Waals surface area contributed by atoms with E-state index in [9.17, 15) is 4.57 Å². The summed E-state index contributed by atoms with van der Waals surface area (Å²) in [4.78, 5) is 0.0862. The van der Waals surface area contributed by atoms with Gasteiger partial charge in [0.1, 0.15) is 8.24 Å². The summed E-state index contributed by atoms with van der Waals surface area (Å²) in [7, 11) is -4.80. The molecule has 2 atom stereocenters. The SMILES string of the molecule is CC1(C)SCC([P+](=O)O[Si](C)(C)C)N1[Si](C)(C)C. The Morgan fingerprint density at radius 1 is 1.22 bits per heavy atom. The zero-order valence-electron chi connectivity index (χ0n) is 12.9. The van der Waals surface area contributed by atoms with Crippen molar-refractivity contribution in [3.05, 3.63) is 0 Å². The monoisotopic (exact) mass is 324 g/mol. The second-order valence-corrected chi connectivity index (χ2v) is 19.8. The predicted octanol–water partition coefficient (Wildman–Crippen LogP) is 4.53. The molecule has 0 aliphatic carbocycles. The lowest BCUT2D eigenvalue weighted by Crippen LogP contribution is -2.56. The van der Waals surface area contributed by atoms with E-state index in [1.54, 1.807) is 0 Å². The van der Waals surface area contributed by atoms with Crippen LogP contribution >= 0.6 is 19.8 Å². The molecular formula is C11H27NO2PSSi2+. The number of rotatable bonds is 4. The van der Waals surface area contributed by atoms with Gasteiger partial charge in [0.25, 0.3) is 8.32 Å². The Morgan fingerprint density at radius 2 is 1.72 bits per heavy atom. The Hall–Kier alpha value is 0.804. The van der Waals surface area contributed by atoms with E-state index >= 15 is 0 Å². The third-order valence-electron chi connectivity index (χ3n) is 2.79. The van der Waals surface area contributed by atoms with E-state index in [1.807, 2.05) is 11.8 Å². The zero-order valence-corrected chi connectivity index (χ0v) is 16.6. The molecule has 3 nitrogen and oxygen atoms in total. The molecule has 18 heavy (non-hydrogen) atoms. The molecule has 2 unspecified atom stereocenters. The lowest BCUT2D eigenvalue weighted by atomic mass is 10.4. The maximum absolute atomic E-state index is 12.5. The van der Waals surface area contributed by atoms with E-state index in [4.69, 9.17) is 4.21 Å².